The van der Waals surface area contributed by atoms with Crippen molar-refractivity contribution in [2.45, 2.75) is 6.92 Å². The number of ether oxygens (including phenoxy) is 1. The number of nitrogens with one attached hydrogen (secondary N) is 1. The first-order chi connectivity index (χ1) is 11.7. The molecule has 1 N–H and O–H groups in total. The molecule has 0 bridgehead atoms. The summed E-state index contributed by atoms with van der Waals surface area (Å²) in [5.41, 5.74) is 0.649. The third-order valence-electron chi connectivity index (χ3n) is 3.39. The summed E-state index contributed by atoms with van der Waals surface area (Å²) in [4.78, 5) is 13.0. The fourth-order valence-electron chi connectivity index (χ4n) is 2.32. The van der Waals surface area contributed by atoms with Gasteiger partial charge in [-0.3, -0.25) is 4.79 Å². The van der Waals surface area contributed by atoms with E-state index in [1.54, 1.807) is 17.4 Å². The van der Waals surface area contributed by atoms with Gasteiger partial charge >= 0.3 is 0 Å². The topological polar surface area (TPSA) is 38.3 Å². The molecule has 0 unspecified atom stereocenters. The third kappa shape index (κ3) is 3.61. The normalized spacial score (nSPS) is 11.1. The lowest BCUT2D eigenvalue weighted by Crippen LogP contribution is -2.09. The minimum Gasteiger partial charge on any atom is -0.492 e. The number of halogens is 1. The van der Waals surface area contributed by atoms with Gasteiger partial charge in [-0.15, -0.1) is 11.3 Å². The van der Waals surface area contributed by atoms with Gasteiger partial charge in [0.25, 0.3) is 0 Å². The highest BCUT2D eigenvalue weighted by atomic mass is 35.5. The van der Waals surface area contributed by atoms with Gasteiger partial charge in [0, 0.05) is 21.0 Å². The number of hydrogen-bond donors (Lipinski definition) is 1. The molecule has 3 aromatic rings. The molecule has 3 nitrogen and oxygen atoms in total. The van der Waals surface area contributed by atoms with E-state index in [0.717, 1.165) is 15.0 Å². The van der Waals surface area contributed by atoms with E-state index < -0.39 is 0 Å². The molecule has 0 saturated heterocycles. The van der Waals surface area contributed by atoms with E-state index in [1.165, 1.54) is 6.08 Å². The Hall–Kier alpha value is -2.30. The van der Waals surface area contributed by atoms with Crippen molar-refractivity contribution in [3.8, 4) is 5.75 Å². The second-order valence-electron chi connectivity index (χ2n) is 5.03. The summed E-state index contributed by atoms with van der Waals surface area (Å²) < 4.78 is 6.60. The zero-order valence-electron chi connectivity index (χ0n) is 13.1. The van der Waals surface area contributed by atoms with Crippen LogP contribution in [-0.4, -0.2) is 12.5 Å². The van der Waals surface area contributed by atoms with Crippen LogP contribution in [0.4, 0.5) is 5.69 Å². The zero-order chi connectivity index (χ0) is 16.9. The molecule has 2 aromatic carbocycles. The smallest absolute Gasteiger partial charge is 0.248 e. The number of benzene rings is 2. The van der Waals surface area contributed by atoms with Crippen LogP contribution in [0.2, 0.25) is 5.02 Å². The van der Waals surface area contributed by atoms with Crippen LogP contribution < -0.4 is 10.1 Å². The van der Waals surface area contributed by atoms with E-state index in [-0.39, 0.29) is 5.91 Å². The fraction of sp³-hybridized carbons (Fsp3) is 0.105. The first-order valence-electron chi connectivity index (χ1n) is 7.57. The maximum atomic E-state index is 12.2. The molecule has 3 rings (SSSR count). The van der Waals surface area contributed by atoms with Crippen LogP contribution in [0.5, 0.6) is 5.75 Å². The Balaban J connectivity index is 1.77. The Morgan fingerprint density at radius 1 is 1.21 bits per heavy atom. The van der Waals surface area contributed by atoms with Crippen molar-refractivity contribution < 1.29 is 9.53 Å². The molecular weight excluding hydrogens is 342 g/mol. The number of carbonyl (C=O) groups excluding carboxylic acids is 1. The second kappa shape index (κ2) is 7.51. The monoisotopic (exact) mass is 357 g/mol. The van der Waals surface area contributed by atoms with Crippen molar-refractivity contribution in [1.82, 2.24) is 0 Å². The van der Waals surface area contributed by atoms with E-state index in [2.05, 4.69) is 5.32 Å². The Kier molecular flexibility index (Phi) is 5.18. The highest BCUT2D eigenvalue weighted by molar-refractivity contribution is 7.20. The van der Waals surface area contributed by atoms with Crippen LogP contribution >= 0.6 is 22.9 Å². The van der Waals surface area contributed by atoms with Gasteiger partial charge in [0.05, 0.1) is 17.3 Å². The van der Waals surface area contributed by atoms with Gasteiger partial charge in [-0.25, -0.2) is 0 Å². The summed E-state index contributed by atoms with van der Waals surface area (Å²) in [6, 6.07) is 15.3. The number of thiophene rings is 1. The SMILES string of the molecule is CCOc1ccccc1NC(=O)/C=C/c1sc2ccccc2c1Cl. The molecule has 0 aliphatic carbocycles. The Bertz CT molecular complexity index is 901. The van der Waals surface area contributed by atoms with E-state index >= 15 is 0 Å². The average Bonchev–Trinajstić information content (AvgIpc) is 2.92. The van der Waals surface area contributed by atoms with Gasteiger partial charge in [0.1, 0.15) is 5.75 Å². The van der Waals surface area contributed by atoms with Crippen LogP contribution in [-0.2, 0) is 4.79 Å². The van der Waals surface area contributed by atoms with E-state index in [4.69, 9.17) is 16.3 Å². The van der Waals surface area contributed by atoms with Crippen LogP contribution in [0.3, 0.4) is 0 Å². The summed E-state index contributed by atoms with van der Waals surface area (Å²) in [6.45, 7) is 2.45. The number of para-hydroxylation sites is 2. The van der Waals surface area contributed by atoms with E-state index in [0.29, 0.717) is 23.1 Å². The maximum Gasteiger partial charge on any atom is 0.248 e. The van der Waals surface area contributed by atoms with Crippen molar-refractivity contribution in [3.63, 3.8) is 0 Å². The molecule has 0 aliphatic heterocycles. The van der Waals surface area contributed by atoms with Gasteiger partial charge in [-0.1, -0.05) is 41.9 Å². The van der Waals surface area contributed by atoms with Gasteiger partial charge in [-0.05, 0) is 31.2 Å². The molecule has 1 amide bonds. The highest BCUT2D eigenvalue weighted by Crippen LogP contribution is 2.35. The first kappa shape index (κ1) is 16.6. The first-order valence-corrected chi connectivity index (χ1v) is 8.76. The average molecular weight is 358 g/mol. The zero-order valence-corrected chi connectivity index (χ0v) is 14.7. The van der Waals surface area contributed by atoms with Crippen molar-refractivity contribution in [2.75, 3.05) is 11.9 Å². The molecule has 122 valence electrons. The van der Waals surface area contributed by atoms with Crippen LogP contribution in [0, 0.1) is 0 Å². The van der Waals surface area contributed by atoms with Crippen LogP contribution in [0.25, 0.3) is 16.2 Å². The molecule has 1 aromatic heterocycles. The second-order valence-corrected chi connectivity index (χ2v) is 6.49. The number of fused-ring (bicyclic) bond motifs is 1. The van der Waals surface area contributed by atoms with Crippen molar-refractivity contribution in [2.24, 2.45) is 0 Å². The predicted octanol–water partition coefficient (Wildman–Crippen LogP) is 5.61. The lowest BCUT2D eigenvalue weighted by molar-refractivity contribution is -0.111. The molecule has 0 spiro atoms. The lowest BCUT2D eigenvalue weighted by Gasteiger charge is -2.09. The summed E-state index contributed by atoms with van der Waals surface area (Å²) >= 11 is 7.93. The quantitative estimate of drug-likeness (QED) is 0.603. The summed E-state index contributed by atoms with van der Waals surface area (Å²) in [5, 5.41) is 4.51. The number of amides is 1. The molecule has 0 fully saturated rings. The molecular formula is C19H16ClNO2S. The van der Waals surface area contributed by atoms with Crippen LogP contribution in [0.15, 0.2) is 54.6 Å². The minimum absolute atomic E-state index is 0.226. The molecule has 0 radical (unpaired) electrons. The van der Waals surface area contributed by atoms with Crippen molar-refractivity contribution in [1.29, 1.82) is 0 Å². The summed E-state index contributed by atoms with van der Waals surface area (Å²) in [6.07, 6.45) is 3.23. The van der Waals surface area contributed by atoms with Gasteiger partial charge in [-0.2, -0.15) is 0 Å². The summed E-state index contributed by atoms with van der Waals surface area (Å²) in [5.74, 6) is 0.428. The molecule has 5 heteroatoms. The molecule has 24 heavy (non-hydrogen) atoms. The minimum atomic E-state index is -0.226. The van der Waals surface area contributed by atoms with Crippen molar-refractivity contribution in [3.05, 3.63) is 64.5 Å². The summed E-state index contributed by atoms with van der Waals surface area (Å²) in [7, 11) is 0. The van der Waals surface area contributed by atoms with Gasteiger partial charge in [0.2, 0.25) is 5.91 Å². The lowest BCUT2D eigenvalue weighted by atomic mass is 10.2. The number of anilines is 1. The van der Waals surface area contributed by atoms with E-state index in [9.17, 15) is 4.79 Å². The fourth-order valence-corrected chi connectivity index (χ4v) is 3.72. The third-order valence-corrected chi connectivity index (χ3v) is 5.05. The van der Waals surface area contributed by atoms with Crippen LogP contribution in [0.1, 0.15) is 11.8 Å². The Labute approximate surface area is 149 Å². The Morgan fingerprint density at radius 2 is 1.96 bits per heavy atom. The van der Waals surface area contributed by atoms with E-state index in [1.807, 2.05) is 55.5 Å². The number of carbonyl (C=O) groups is 1. The van der Waals surface area contributed by atoms with Crippen molar-refractivity contribution >= 4 is 50.7 Å². The molecule has 0 saturated carbocycles. The highest BCUT2D eigenvalue weighted by Gasteiger charge is 2.08. The van der Waals surface area contributed by atoms with Gasteiger partial charge < -0.3 is 10.1 Å². The molecule has 0 atom stereocenters. The number of hydrogen-bond acceptors (Lipinski definition) is 3. The standard InChI is InChI=1S/C19H16ClNO2S/c1-2-23-15-9-5-4-8-14(15)21-18(22)12-11-17-19(20)13-7-3-6-10-16(13)24-17/h3-12H,2H2,1H3,(H,21,22)/b12-11+. The molecule has 1 heterocycles. The predicted molar refractivity (Wildman–Crippen MR) is 102 cm³/mol. The Morgan fingerprint density at radius 3 is 2.75 bits per heavy atom. The maximum absolute atomic E-state index is 12.2. The molecule has 0 aliphatic rings. The largest absolute Gasteiger partial charge is 0.492 e. The number of rotatable bonds is 5. The van der Waals surface area contributed by atoms with Gasteiger partial charge in [0.15, 0.2) is 0 Å².